The van der Waals surface area contributed by atoms with Gasteiger partial charge in [-0.15, -0.1) is 0 Å². The van der Waals surface area contributed by atoms with E-state index < -0.39 is 10.0 Å². The van der Waals surface area contributed by atoms with Crippen molar-refractivity contribution in [2.45, 2.75) is 13.3 Å². The summed E-state index contributed by atoms with van der Waals surface area (Å²) < 4.78 is 31.3. The number of sulfonamides is 1. The van der Waals surface area contributed by atoms with Gasteiger partial charge in [-0.05, 0) is 24.5 Å². The van der Waals surface area contributed by atoms with Crippen molar-refractivity contribution < 1.29 is 18.3 Å². The first-order valence-electron chi connectivity index (χ1n) is 6.50. The van der Waals surface area contributed by atoms with Gasteiger partial charge in [-0.2, -0.15) is 0 Å². The first-order valence-corrected chi connectivity index (χ1v) is 8.15. The molecule has 0 saturated heterocycles. The molecule has 0 amide bonds. The molecule has 0 heterocycles. The Hall–Kier alpha value is -1.31. The van der Waals surface area contributed by atoms with Gasteiger partial charge in [0.25, 0.3) is 0 Å². The van der Waals surface area contributed by atoms with Crippen LogP contribution in [0.5, 0.6) is 5.75 Å². The predicted octanol–water partition coefficient (Wildman–Crippen LogP) is 0.585. The standard InChI is InChI=1S/C13H22N2O4S/c1-11(6-7-16)10-15-20(17,18)9-8-19-13-5-3-2-4-12(13)14/h2-5,11,15-16H,6-10,14H2,1H3. The van der Waals surface area contributed by atoms with Crippen LogP contribution in [-0.4, -0.2) is 39.0 Å². The van der Waals surface area contributed by atoms with Gasteiger partial charge in [0.05, 0.1) is 11.4 Å². The molecule has 1 atom stereocenters. The second-order valence-corrected chi connectivity index (χ2v) is 6.60. The molecule has 7 heteroatoms. The maximum Gasteiger partial charge on any atom is 0.214 e. The van der Waals surface area contributed by atoms with Crippen molar-refractivity contribution in [3.8, 4) is 5.75 Å². The number of aliphatic hydroxyl groups excluding tert-OH is 1. The summed E-state index contributed by atoms with van der Waals surface area (Å²) in [5.41, 5.74) is 6.17. The Morgan fingerprint density at radius 1 is 1.40 bits per heavy atom. The highest BCUT2D eigenvalue weighted by Gasteiger charge is 2.12. The van der Waals surface area contributed by atoms with Gasteiger partial charge in [0.1, 0.15) is 12.4 Å². The van der Waals surface area contributed by atoms with Crippen molar-refractivity contribution in [3.63, 3.8) is 0 Å². The maximum atomic E-state index is 11.7. The van der Waals surface area contributed by atoms with Gasteiger partial charge in [-0.1, -0.05) is 19.1 Å². The van der Waals surface area contributed by atoms with Gasteiger partial charge >= 0.3 is 0 Å². The molecule has 0 bridgehead atoms. The fourth-order valence-electron chi connectivity index (χ4n) is 1.54. The number of benzene rings is 1. The van der Waals surface area contributed by atoms with Gasteiger partial charge in [0.15, 0.2) is 0 Å². The lowest BCUT2D eigenvalue weighted by Crippen LogP contribution is -2.32. The third-order valence-electron chi connectivity index (χ3n) is 2.80. The molecule has 1 unspecified atom stereocenters. The molecule has 1 aromatic rings. The van der Waals surface area contributed by atoms with E-state index in [1.807, 2.05) is 6.92 Å². The van der Waals surface area contributed by atoms with Crippen LogP contribution < -0.4 is 15.2 Å². The normalized spacial score (nSPS) is 13.1. The Kier molecular flexibility index (Phi) is 6.77. The lowest BCUT2D eigenvalue weighted by molar-refractivity contribution is 0.262. The molecule has 114 valence electrons. The van der Waals surface area contributed by atoms with Crippen LogP contribution >= 0.6 is 0 Å². The van der Waals surface area contributed by atoms with Crippen LogP contribution in [0.3, 0.4) is 0 Å². The van der Waals surface area contributed by atoms with Crippen LogP contribution in [-0.2, 0) is 10.0 Å². The second-order valence-electron chi connectivity index (χ2n) is 4.67. The highest BCUT2D eigenvalue weighted by molar-refractivity contribution is 7.89. The summed E-state index contributed by atoms with van der Waals surface area (Å²) in [5, 5.41) is 8.75. The molecule has 1 rings (SSSR count). The number of nitrogen functional groups attached to an aromatic ring is 1. The number of hydrogen-bond acceptors (Lipinski definition) is 5. The smallest absolute Gasteiger partial charge is 0.214 e. The summed E-state index contributed by atoms with van der Waals surface area (Å²) in [7, 11) is -3.38. The number of nitrogens with one attached hydrogen (secondary N) is 1. The molecule has 6 nitrogen and oxygen atoms in total. The third kappa shape index (κ3) is 6.23. The van der Waals surface area contributed by atoms with Crippen molar-refractivity contribution in [1.29, 1.82) is 0 Å². The zero-order chi connectivity index (χ0) is 15.0. The van der Waals surface area contributed by atoms with E-state index in [0.29, 0.717) is 24.4 Å². The molecule has 0 saturated carbocycles. The molecule has 0 radical (unpaired) electrons. The number of rotatable bonds is 9. The Labute approximate surface area is 120 Å². The SMILES string of the molecule is CC(CCO)CNS(=O)(=O)CCOc1ccccc1N. The number of para-hydroxylation sites is 2. The average Bonchev–Trinajstić information content (AvgIpc) is 2.39. The van der Waals surface area contributed by atoms with Gasteiger partial charge in [0, 0.05) is 13.2 Å². The van der Waals surface area contributed by atoms with Crippen LogP contribution in [0.1, 0.15) is 13.3 Å². The van der Waals surface area contributed by atoms with Gasteiger partial charge in [-0.25, -0.2) is 13.1 Å². The number of hydrogen-bond donors (Lipinski definition) is 3. The fraction of sp³-hybridized carbons (Fsp3) is 0.538. The van der Waals surface area contributed by atoms with Crippen molar-refractivity contribution >= 4 is 15.7 Å². The monoisotopic (exact) mass is 302 g/mol. The summed E-state index contributed by atoms with van der Waals surface area (Å²) in [6.45, 7) is 2.29. The van der Waals surface area contributed by atoms with Crippen molar-refractivity contribution in [1.82, 2.24) is 4.72 Å². The van der Waals surface area contributed by atoms with Gasteiger partial charge in [-0.3, -0.25) is 0 Å². The van der Waals surface area contributed by atoms with E-state index in [-0.39, 0.29) is 24.9 Å². The Bertz CT molecular complexity index is 505. The second kappa shape index (κ2) is 8.08. The number of anilines is 1. The van der Waals surface area contributed by atoms with Gasteiger partial charge in [0.2, 0.25) is 10.0 Å². The molecule has 0 aromatic heterocycles. The van der Waals surface area contributed by atoms with E-state index in [0.717, 1.165) is 0 Å². The molecule has 0 fully saturated rings. The van der Waals surface area contributed by atoms with Crippen molar-refractivity contribution in [3.05, 3.63) is 24.3 Å². The van der Waals surface area contributed by atoms with E-state index in [2.05, 4.69) is 4.72 Å². The van der Waals surface area contributed by atoms with Crippen molar-refractivity contribution in [2.75, 3.05) is 31.2 Å². The molecule has 20 heavy (non-hydrogen) atoms. The molecule has 0 aliphatic rings. The van der Waals surface area contributed by atoms with Crippen LogP contribution in [0, 0.1) is 5.92 Å². The minimum atomic E-state index is -3.38. The van der Waals surface area contributed by atoms with Crippen molar-refractivity contribution in [2.24, 2.45) is 5.92 Å². The fourth-order valence-corrected chi connectivity index (χ4v) is 2.52. The summed E-state index contributed by atoms with van der Waals surface area (Å²) in [5.74, 6) is 0.449. The molecule has 4 N–H and O–H groups in total. The zero-order valence-corrected chi connectivity index (χ0v) is 12.4. The topological polar surface area (TPSA) is 102 Å². The number of aliphatic hydroxyl groups is 1. The lowest BCUT2D eigenvalue weighted by Gasteiger charge is -2.12. The summed E-state index contributed by atoms with van der Waals surface area (Å²) in [6.07, 6.45) is 0.569. The lowest BCUT2D eigenvalue weighted by atomic mass is 10.1. The van der Waals surface area contributed by atoms with E-state index >= 15 is 0 Å². The molecule has 0 spiro atoms. The zero-order valence-electron chi connectivity index (χ0n) is 11.6. The summed E-state index contributed by atoms with van der Waals surface area (Å²) >= 11 is 0. The largest absolute Gasteiger partial charge is 0.490 e. The molecule has 1 aromatic carbocycles. The first kappa shape index (κ1) is 16.7. The highest BCUT2D eigenvalue weighted by Crippen LogP contribution is 2.19. The Morgan fingerprint density at radius 3 is 2.75 bits per heavy atom. The molecule has 0 aliphatic heterocycles. The van der Waals surface area contributed by atoms with Crippen LogP contribution in [0.4, 0.5) is 5.69 Å². The number of nitrogens with two attached hydrogens (primary N) is 1. The quantitative estimate of drug-likeness (QED) is 0.579. The molecule has 0 aliphatic carbocycles. The highest BCUT2D eigenvalue weighted by atomic mass is 32.2. The minimum Gasteiger partial charge on any atom is -0.490 e. The Morgan fingerprint density at radius 2 is 2.10 bits per heavy atom. The third-order valence-corrected chi connectivity index (χ3v) is 4.11. The van der Waals surface area contributed by atoms with Crippen LogP contribution in [0.2, 0.25) is 0 Å². The van der Waals surface area contributed by atoms with E-state index in [9.17, 15) is 8.42 Å². The predicted molar refractivity (Wildman–Crippen MR) is 79.0 cm³/mol. The molecular weight excluding hydrogens is 280 g/mol. The van der Waals surface area contributed by atoms with E-state index in [1.165, 1.54) is 0 Å². The van der Waals surface area contributed by atoms with E-state index in [4.69, 9.17) is 15.6 Å². The minimum absolute atomic E-state index is 0.0396. The molecular formula is C13H22N2O4S. The Balaban J connectivity index is 2.35. The van der Waals surface area contributed by atoms with Crippen LogP contribution in [0.15, 0.2) is 24.3 Å². The van der Waals surface area contributed by atoms with Gasteiger partial charge < -0.3 is 15.6 Å². The van der Waals surface area contributed by atoms with Crippen LogP contribution in [0.25, 0.3) is 0 Å². The average molecular weight is 302 g/mol. The number of ether oxygens (including phenoxy) is 1. The van der Waals surface area contributed by atoms with E-state index in [1.54, 1.807) is 24.3 Å². The summed E-state index contributed by atoms with van der Waals surface area (Å²) in [6, 6.07) is 6.94. The first-order chi connectivity index (χ1) is 9.44. The maximum absolute atomic E-state index is 11.7. The summed E-state index contributed by atoms with van der Waals surface area (Å²) in [4.78, 5) is 0.